The van der Waals surface area contributed by atoms with Crippen molar-refractivity contribution in [1.82, 2.24) is 0 Å². The Morgan fingerprint density at radius 1 is 1.09 bits per heavy atom. The van der Waals surface area contributed by atoms with Gasteiger partial charge in [-0.05, 0) is 19.3 Å². The number of carbonyl (C=O) groups excluding carboxylic acids is 1. The monoisotopic (exact) mass is 155 g/mol. The minimum atomic E-state index is -0.258. The Labute approximate surface area is 68.5 Å². The van der Waals surface area contributed by atoms with Crippen molar-refractivity contribution >= 4 is 5.91 Å². The summed E-state index contributed by atoms with van der Waals surface area (Å²) in [5.74, 6) is -0.258. The first-order valence-corrected chi connectivity index (χ1v) is 4.17. The molecule has 0 heterocycles. The fourth-order valence-corrected chi connectivity index (χ4v) is 1.28. The highest BCUT2D eigenvalue weighted by molar-refractivity contribution is 5.92. The van der Waals surface area contributed by atoms with Gasteiger partial charge >= 0.3 is 0 Å². The molecule has 0 aromatic heterocycles. The van der Waals surface area contributed by atoms with E-state index in [0.29, 0.717) is 0 Å². The van der Waals surface area contributed by atoms with Crippen LogP contribution < -0.4 is 5.73 Å². The average molecular weight is 155 g/mol. The highest BCUT2D eigenvalue weighted by Gasteiger charge is 2.06. The Morgan fingerprint density at radius 3 is 1.64 bits per heavy atom. The van der Waals surface area contributed by atoms with E-state index in [4.69, 9.17) is 5.73 Å². The van der Waals surface area contributed by atoms with Crippen molar-refractivity contribution < 1.29 is 4.79 Å². The second-order valence-corrected chi connectivity index (χ2v) is 2.51. The van der Waals surface area contributed by atoms with Crippen LogP contribution in [0, 0.1) is 0 Å². The molecule has 0 aromatic carbocycles. The second kappa shape index (κ2) is 4.94. The van der Waals surface area contributed by atoms with Crippen LogP contribution >= 0.6 is 0 Å². The Hall–Kier alpha value is -0.790. The first kappa shape index (κ1) is 10.2. The quantitative estimate of drug-likeness (QED) is 0.620. The molecular weight excluding hydrogens is 138 g/mol. The van der Waals surface area contributed by atoms with Gasteiger partial charge in [0.1, 0.15) is 0 Å². The fraction of sp³-hybridized carbons (Fsp3) is 0.667. The summed E-state index contributed by atoms with van der Waals surface area (Å²) in [5, 5.41) is 0. The maximum atomic E-state index is 10.9. The summed E-state index contributed by atoms with van der Waals surface area (Å²) in [5.41, 5.74) is 7.21. The molecule has 0 saturated heterocycles. The Kier molecular flexibility index (Phi) is 4.59. The number of primary amides is 1. The standard InChI is InChI=1S/C9H17NO/c1-4-7(5-2)8(6-3)9(10)11/h4-6H2,1-3H3,(H2,10,11). The second-order valence-electron chi connectivity index (χ2n) is 2.51. The number of allylic oxidation sites excluding steroid dienone is 1. The fourth-order valence-electron chi connectivity index (χ4n) is 1.28. The highest BCUT2D eigenvalue weighted by atomic mass is 16.1. The highest BCUT2D eigenvalue weighted by Crippen LogP contribution is 2.14. The van der Waals surface area contributed by atoms with E-state index in [2.05, 4.69) is 13.8 Å². The zero-order valence-corrected chi connectivity index (χ0v) is 7.61. The van der Waals surface area contributed by atoms with Crippen molar-refractivity contribution in [2.75, 3.05) is 0 Å². The first-order valence-electron chi connectivity index (χ1n) is 4.17. The van der Waals surface area contributed by atoms with E-state index < -0.39 is 0 Å². The summed E-state index contributed by atoms with van der Waals surface area (Å²) in [6.07, 6.45) is 2.62. The molecule has 0 radical (unpaired) electrons. The van der Waals surface area contributed by atoms with Gasteiger partial charge in [-0.15, -0.1) is 0 Å². The third-order valence-corrected chi connectivity index (χ3v) is 1.93. The summed E-state index contributed by atoms with van der Waals surface area (Å²) in [6.45, 7) is 6.07. The lowest BCUT2D eigenvalue weighted by Crippen LogP contribution is -2.15. The van der Waals surface area contributed by atoms with Crippen molar-refractivity contribution in [3.63, 3.8) is 0 Å². The van der Waals surface area contributed by atoms with Crippen LogP contribution in [0.3, 0.4) is 0 Å². The molecule has 0 spiro atoms. The third-order valence-electron chi connectivity index (χ3n) is 1.93. The number of hydrogen-bond acceptors (Lipinski definition) is 1. The molecule has 0 aliphatic rings. The van der Waals surface area contributed by atoms with E-state index in [0.717, 1.165) is 24.8 Å². The molecule has 1 amide bonds. The van der Waals surface area contributed by atoms with Crippen molar-refractivity contribution in [2.24, 2.45) is 5.73 Å². The van der Waals surface area contributed by atoms with Gasteiger partial charge in [-0.1, -0.05) is 26.3 Å². The predicted octanol–water partition coefficient (Wildman–Crippen LogP) is 2.00. The molecule has 11 heavy (non-hydrogen) atoms. The topological polar surface area (TPSA) is 43.1 Å². The van der Waals surface area contributed by atoms with Gasteiger partial charge in [0, 0.05) is 5.57 Å². The van der Waals surface area contributed by atoms with Crippen molar-refractivity contribution in [1.29, 1.82) is 0 Å². The smallest absolute Gasteiger partial charge is 0.244 e. The van der Waals surface area contributed by atoms with Gasteiger partial charge in [0.15, 0.2) is 0 Å². The maximum absolute atomic E-state index is 10.9. The summed E-state index contributed by atoms with van der Waals surface area (Å²) >= 11 is 0. The molecule has 0 saturated carbocycles. The van der Waals surface area contributed by atoms with Crippen molar-refractivity contribution in [3.05, 3.63) is 11.1 Å². The van der Waals surface area contributed by atoms with Gasteiger partial charge < -0.3 is 5.73 Å². The van der Waals surface area contributed by atoms with Crippen LogP contribution in [-0.4, -0.2) is 5.91 Å². The van der Waals surface area contributed by atoms with Gasteiger partial charge in [-0.3, -0.25) is 4.79 Å². The van der Waals surface area contributed by atoms with Crippen LogP contribution in [0.15, 0.2) is 11.1 Å². The summed E-state index contributed by atoms with van der Waals surface area (Å²) in [6, 6.07) is 0. The molecule has 0 atom stereocenters. The predicted molar refractivity (Wildman–Crippen MR) is 47.1 cm³/mol. The first-order chi connectivity index (χ1) is 5.17. The van der Waals surface area contributed by atoms with Gasteiger partial charge in [-0.2, -0.15) is 0 Å². The Bertz CT molecular complexity index is 164. The number of carbonyl (C=O) groups is 1. The average Bonchev–Trinajstić information content (AvgIpc) is 1.99. The molecule has 0 unspecified atom stereocenters. The summed E-state index contributed by atoms with van der Waals surface area (Å²) in [4.78, 5) is 10.9. The van der Waals surface area contributed by atoms with E-state index >= 15 is 0 Å². The SMILES string of the molecule is CCC(CC)=C(CC)C(N)=O. The summed E-state index contributed by atoms with van der Waals surface area (Å²) < 4.78 is 0. The van der Waals surface area contributed by atoms with Crippen LogP contribution in [0.25, 0.3) is 0 Å². The van der Waals surface area contributed by atoms with Gasteiger partial charge in [-0.25, -0.2) is 0 Å². The molecule has 2 N–H and O–H groups in total. The van der Waals surface area contributed by atoms with Gasteiger partial charge in [0.05, 0.1) is 0 Å². The number of hydrogen-bond donors (Lipinski definition) is 1. The van der Waals surface area contributed by atoms with E-state index in [-0.39, 0.29) is 5.91 Å². The molecule has 0 aliphatic heterocycles. The summed E-state index contributed by atoms with van der Waals surface area (Å²) in [7, 11) is 0. The zero-order chi connectivity index (χ0) is 8.85. The van der Waals surface area contributed by atoms with Gasteiger partial charge in [0.25, 0.3) is 0 Å². The Morgan fingerprint density at radius 2 is 1.55 bits per heavy atom. The van der Waals surface area contributed by atoms with E-state index in [1.165, 1.54) is 5.57 Å². The van der Waals surface area contributed by atoms with Crippen molar-refractivity contribution in [2.45, 2.75) is 40.0 Å². The number of nitrogens with two attached hydrogens (primary N) is 1. The molecular formula is C9H17NO. The molecule has 0 bridgehead atoms. The number of rotatable bonds is 4. The van der Waals surface area contributed by atoms with Crippen molar-refractivity contribution in [3.8, 4) is 0 Å². The van der Waals surface area contributed by atoms with Crippen LogP contribution in [0.2, 0.25) is 0 Å². The largest absolute Gasteiger partial charge is 0.366 e. The molecule has 0 aliphatic carbocycles. The zero-order valence-electron chi connectivity index (χ0n) is 7.61. The van der Waals surface area contributed by atoms with Gasteiger partial charge in [0.2, 0.25) is 5.91 Å². The lowest BCUT2D eigenvalue weighted by molar-refractivity contribution is -0.114. The minimum Gasteiger partial charge on any atom is -0.366 e. The molecule has 0 aromatic rings. The normalized spacial score (nSPS) is 9.36. The lowest BCUT2D eigenvalue weighted by atomic mass is 10.0. The van der Waals surface area contributed by atoms with E-state index in [9.17, 15) is 4.79 Å². The minimum absolute atomic E-state index is 0.258. The molecule has 64 valence electrons. The van der Waals surface area contributed by atoms with Crippen LogP contribution in [-0.2, 0) is 4.79 Å². The van der Waals surface area contributed by atoms with Crippen LogP contribution in [0.5, 0.6) is 0 Å². The van der Waals surface area contributed by atoms with Crippen LogP contribution in [0.4, 0.5) is 0 Å². The maximum Gasteiger partial charge on any atom is 0.244 e. The van der Waals surface area contributed by atoms with E-state index in [1.54, 1.807) is 0 Å². The third kappa shape index (κ3) is 2.74. The molecule has 0 rings (SSSR count). The lowest BCUT2D eigenvalue weighted by Gasteiger charge is -2.06. The van der Waals surface area contributed by atoms with Crippen LogP contribution in [0.1, 0.15) is 40.0 Å². The van der Waals surface area contributed by atoms with E-state index in [1.807, 2.05) is 6.92 Å². The number of amides is 1. The molecule has 2 heteroatoms. The molecule has 0 fully saturated rings. The molecule has 2 nitrogen and oxygen atoms in total. The Balaban J connectivity index is 4.62.